The Balaban J connectivity index is 2.46. The molecule has 1 aromatic carbocycles. The number of pyridine rings is 1. The summed E-state index contributed by atoms with van der Waals surface area (Å²) in [6.45, 7) is 4.97. The van der Waals surface area contributed by atoms with Crippen LogP contribution in [0.3, 0.4) is 0 Å². The molecule has 0 unspecified atom stereocenters. The number of hydrogen-bond acceptors (Lipinski definition) is 2. The van der Waals surface area contributed by atoms with Gasteiger partial charge in [-0.3, -0.25) is 0 Å². The molecule has 0 saturated carbocycles. The van der Waals surface area contributed by atoms with Gasteiger partial charge in [-0.2, -0.15) is 0 Å². The summed E-state index contributed by atoms with van der Waals surface area (Å²) >= 11 is 12.1. The van der Waals surface area contributed by atoms with Crippen molar-refractivity contribution in [3.63, 3.8) is 0 Å². The van der Waals surface area contributed by atoms with Crippen LogP contribution in [0.1, 0.15) is 18.1 Å². The zero-order chi connectivity index (χ0) is 13.8. The highest BCUT2D eigenvalue weighted by Crippen LogP contribution is 2.32. The number of aromatic nitrogens is 1. The molecule has 0 amide bonds. The molecule has 0 aliphatic heterocycles. The number of alkyl halides is 1. The second-order valence-electron chi connectivity index (χ2n) is 4.31. The molecular weight excluding hydrogens is 279 g/mol. The minimum absolute atomic E-state index is 0.420. The first-order chi connectivity index (χ1) is 9.17. The van der Waals surface area contributed by atoms with Gasteiger partial charge in [-0.1, -0.05) is 29.8 Å². The first-order valence-electron chi connectivity index (χ1n) is 6.21. The van der Waals surface area contributed by atoms with Crippen LogP contribution in [0.25, 0.3) is 0 Å². The Labute approximate surface area is 124 Å². The van der Waals surface area contributed by atoms with Gasteiger partial charge in [0.25, 0.3) is 0 Å². The molecule has 0 atom stereocenters. The highest BCUT2D eigenvalue weighted by molar-refractivity contribution is 6.33. The lowest BCUT2D eigenvalue weighted by Gasteiger charge is -2.25. The molecule has 1 aromatic heterocycles. The quantitative estimate of drug-likeness (QED) is 0.743. The summed E-state index contributed by atoms with van der Waals surface area (Å²) in [4.78, 5) is 6.55. The van der Waals surface area contributed by atoms with E-state index in [4.69, 9.17) is 23.2 Å². The maximum Gasteiger partial charge on any atom is 0.151 e. The van der Waals surface area contributed by atoms with Crippen molar-refractivity contribution in [2.75, 3.05) is 11.4 Å². The molecular formula is C15H16Cl2N2. The summed E-state index contributed by atoms with van der Waals surface area (Å²) < 4.78 is 0. The van der Waals surface area contributed by atoms with Crippen LogP contribution in [0, 0.1) is 6.92 Å². The average molecular weight is 295 g/mol. The summed E-state index contributed by atoms with van der Waals surface area (Å²) in [7, 11) is 0. The summed E-state index contributed by atoms with van der Waals surface area (Å²) in [5.74, 6) is 1.19. The van der Waals surface area contributed by atoms with Gasteiger partial charge in [-0.05, 0) is 37.1 Å². The van der Waals surface area contributed by atoms with Gasteiger partial charge in [0.15, 0.2) is 5.82 Å². The fourth-order valence-electron chi connectivity index (χ4n) is 2.04. The van der Waals surface area contributed by atoms with Crippen molar-refractivity contribution in [3.05, 3.63) is 52.7 Å². The van der Waals surface area contributed by atoms with Gasteiger partial charge >= 0.3 is 0 Å². The normalized spacial score (nSPS) is 10.5. The largest absolute Gasteiger partial charge is 0.325 e. The number of halogens is 2. The Kier molecular flexibility index (Phi) is 4.67. The van der Waals surface area contributed by atoms with E-state index in [0.717, 1.165) is 23.6 Å². The Hall–Kier alpha value is -1.25. The molecule has 1 heterocycles. The molecule has 0 radical (unpaired) electrons. The van der Waals surface area contributed by atoms with E-state index in [9.17, 15) is 0 Å². The third kappa shape index (κ3) is 3.02. The minimum atomic E-state index is 0.420. The van der Waals surface area contributed by atoms with Crippen LogP contribution < -0.4 is 4.90 Å². The van der Waals surface area contributed by atoms with Gasteiger partial charge in [0.1, 0.15) is 0 Å². The smallest absolute Gasteiger partial charge is 0.151 e. The third-order valence-electron chi connectivity index (χ3n) is 3.01. The molecule has 0 spiro atoms. The van der Waals surface area contributed by atoms with Crippen molar-refractivity contribution >= 4 is 34.7 Å². The lowest BCUT2D eigenvalue weighted by atomic mass is 10.1. The van der Waals surface area contributed by atoms with Crippen molar-refractivity contribution in [1.82, 2.24) is 4.98 Å². The maximum absolute atomic E-state index is 6.32. The SMILES string of the molecule is CCN(c1ccccc1C)c1ncc(CCl)cc1Cl. The summed E-state index contributed by atoms with van der Waals surface area (Å²) in [5, 5.41) is 0.628. The van der Waals surface area contributed by atoms with Crippen molar-refractivity contribution in [3.8, 4) is 0 Å². The zero-order valence-corrected chi connectivity index (χ0v) is 12.5. The Morgan fingerprint density at radius 2 is 2.00 bits per heavy atom. The third-order valence-corrected chi connectivity index (χ3v) is 3.60. The van der Waals surface area contributed by atoms with E-state index in [0.29, 0.717) is 10.9 Å². The van der Waals surface area contributed by atoms with Crippen LogP contribution in [0.2, 0.25) is 5.02 Å². The highest BCUT2D eigenvalue weighted by Gasteiger charge is 2.14. The van der Waals surface area contributed by atoms with Crippen molar-refractivity contribution in [2.24, 2.45) is 0 Å². The monoisotopic (exact) mass is 294 g/mol. The lowest BCUT2D eigenvalue weighted by molar-refractivity contribution is 0.980. The Morgan fingerprint density at radius 3 is 2.58 bits per heavy atom. The highest BCUT2D eigenvalue weighted by atomic mass is 35.5. The molecule has 0 bridgehead atoms. The molecule has 0 fully saturated rings. The van der Waals surface area contributed by atoms with Crippen molar-refractivity contribution < 1.29 is 0 Å². The van der Waals surface area contributed by atoms with Gasteiger partial charge in [-0.15, -0.1) is 11.6 Å². The topological polar surface area (TPSA) is 16.1 Å². The maximum atomic E-state index is 6.32. The van der Waals surface area contributed by atoms with Gasteiger partial charge < -0.3 is 4.90 Å². The zero-order valence-electron chi connectivity index (χ0n) is 11.0. The second kappa shape index (κ2) is 6.27. The van der Waals surface area contributed by atoms with Crippen LogP contribution in [-0.4, -0.2) is 11.5 Å². The standard InChI is InChI=1S/C15H16Cl2N2/c1-3-19(14-7-5-4-6-11(14)2)15-13(17)8-12(9-16)10-18-15/h4-8,10H,3,9H2,1-2H3. The molecule has 0 saturated heterocycles. The lowest BCUT2D eigenvalue weighted by Crippen LogP contribution is -2.18. The van der Waals surface area contributed by atoms with Crippen LogP contribution in [0.4, 0.5) is 11.5 Å². The Bertz CT molecular complexity index is 570. The van der Waals surface area contributed by atoms with Crippen LogP contribution in [0.5, 0.6) is 0 Å². The minimum Gasteiger partial charge on any atom is -0.325 e. The van der Waals surface area contributed by atoms with Crippen LogP contribution in [-0.2, 0) is 5.88 Å². The van der Waals surface area contributed by atoms with Gasteiger partial charge in [-0.25, -0.2) is 4.98 Å². The molecule has 0 N–H and O–H groups in total. The van der Waals surface area contributed by atoms with E-state index < -0.39 is 0 Å². The van der Waals surface area contributed by atoms with Crippen molar-refractivity contribution in [1.29, 1.82) is 0 Å². The van der Waals surface area contributed by atoms with Crippen LogP contribution >= 0.6 is 23.2 Å². The fraction of sp³-hybridized carbons (Fsp3) is 0.267. The number of anilines is 2. The van der Waals surface area contributed by atoms with E-state index in [2.05, 4.69) is 35.9 Å². The predicted molar refractivity (Wildman–Crippen MR) is 82.7 cm³/mol. The fourth-order valence-corrected chi connectivity index (χ4v) is 2.48. The van der Waals surface area contributed by atoms with Gasteiger partial charge in [0.2, 0.25) is 0 Å². The molecule has 0 aliphatic rings. The number of aryl methyl sites for hydroxylation is 1. The molecule has 2 aromatic rings. The van der Waals surface area contributed by atoms with E-state index >= 15 is 0 Å². The number of para-hydroxylation sites is 1. The number of hydrogen-bond donors (Lipinski definition) is 0. The summed E-state index contributed by atoms with van der Waals surface area (Å²) in [5.41, 5.74) is 3.25. The number of benzene rings is 1. The molecule has 2 rings (SSSR count). The van der Waals surface area contributed by atoms with E-state index in [-0.39, 0.29) is 0 Å². The molecule has 2 nitrogen and oxygen atoms in total. The molecule has 100 valence electrons. The first-order valence-corrected chi connectivity index (χ1v) is 7.12. The predicted octanol–water partition coefficient (Wildman–Crippen LogP) is 4.94. The summed E-state index contributed by atoms with van der Waals surface area (Å²) in [6.07, 6.45) is 1.77. The van der Waals surface area contributed by atoms with E-state index in [1.165, 1.54) is 5.56 Å². The van der Waals surface area contributed by atoms with Crippen molar-refractivity contribution in [2.45, 2.75) is 19.7 Å². The van der Waals surface area contributed by atoms with Gasteiger partial charge in [0.05, 0.1) is 5.02 Å². The number of rotatable bonds is 4. The molecule has 0 aliphatic carbocycles. The Morgan fingerprint density at radius 1 is 1.26 bits per heavy atom. The second-order valence-corrected chi connectivity index (χ2v) is 4.99. The summed E-state index contributed by atoms with van der Waals surface area (Å²) in [6, 6.07) is 10.1. The first kappa shape index (κ1) is 14.2. The van der Waals surface area contributed by atoms with E-state index in [1.807, 2.05) is 18.2 Å². The van der Waals surface area contributed by atoms with E-state index in [1.54, 1.807) is 6.20 Å². The molecule has 19 heavy (non-hydrogen) atoms. The van der Waals surface area contributed by atoms with Gasteiger partial charge in [0, 0.05) is 24.3 Å². The van der Waals surface area contributed by atoms with Crippen LogP contribution in [0.15, 0.2) is 36.5 Å². The average Bonchev–Trinajstić information content (AvgIpc) is 2.43. The molecule has 4 heteroatoms. The number of nitrogens with zero attached hydrogens (tertiary/aromatic N) is 2.